The van der Waals surface area contributed by atoms with Crippen molar-refractivity contribution in [1.82, 2.24) is 19.6 Å². The van der Waals surface area contributed by atoms with Crippen LogP contribution in [0.25, 0.3) is 22.4 Å². The van der Waals surface area contributed by atoms with E-state index in [1.807, 2.05) is 43.3 Å². The van der Waals surface area contributed by atoms with E-state index in [1.165, 1.54) is 15.9 Å². The van der Waals surface area contributed by atoms with Crippen LogP contribution >= 0.6 is 11.3 Å². The molecule has 4 rings (SSSR count). The second kappa shape index (κ2) is 9.70. The lowest BCUT2D eigenvalue weighted by Gasteiger charge is -2.12. The minimum Gasteiger partial charge on any atom is -0.490 e. The van der Waals surface area contributed by atoms with Gasteiger partial charge in [0, 0.05) is 18.0 Å². The number of aromatic nitrogens is 4. The molecule has 0 atom stereocenters. The van der Waals surface area contributed by atoms with E-state index in [0.29, 0.717) is 34.3 Å². The van der Waals surface area contributed by atoms with Gasteiger partial charge in [-0.15, -0.1) is 5.10 Å². The molecule has 160 valence electrons. The monoisotopic (exact) mass is 436 g/mol. The minimum atomic E-state index is -0.194. The van der Waals surface area contributed by atoms with Gasteiger partial charge >= 0.3 is 0 Å². The largest absolute Gasteiger partial charge is 0.490 e. The lowest BCUT2D eigenvalue weighted by Crippen LogP contribution is -2.23. The fourth-order valence-corrected chi connectivity index (χ4v) is 4.05. The van der Waals surface area contributed by atoms with Crippen molar-refractivity contribution in [2.75, 3.05) is 13.2 Å². The van der Waals surface area contributed by atoms with Crippen LogP contribution < -0.4 is 19.6 Å². The maximum Gasteiger partial charge on any atom is 0.291 e. The molecule has 4 aromatic rings. The number of hydrogen-bond donors (Lipinski definition) is 0. The Kier molecular flexibility index (Phi) is 6.57. The average molecular weight is 437 g/mol. The predicted molar refractivity (Wildman–Crippen MR) is 122 cm³/mol. The van der Waals surface area contributed by atoms with Crippen molar-refractivity contribution in [3.05, 3.63) is 63.2 Å². The summed E-state index contributed by atoms with van der Waals surface area (Å²) in [7, 11) is 0. The van der Waals surface area contributed by atoms with Crippen molar-refractivity contribution in [2.45, 2.75) is 33.1 Å². The van der Waals surface area contributed by atoms with Crippen LogP contribution in [0.4, 0.5) is 0 Å². The van der Waals surface area contributed by atoms with E-state index < -0.39 is 0 Å². The van der Waals surface area contributed by atoms with Crippen molar-refractivity contribution in [3.8, 4) is 22.9 Å². The summed E-state index contributed by atoms with van der Waals surface area (Å²) >= 11 is 1.31. The lowest BCUT2D eigenvalue weighted by molar-refractivity contribution is 0.271. The summed E-state index contributed by atoms with van der Waals surface area (Å²) in [6, 6.07) is 9.40. The first kappa shape index (κ1) is 21.0. The fraction of sp³-hybridized carbons (Fsp3) is 0.304. The number of unbranched alkanes of at least 4 members (excludes halogenated alkanes) is 2. The summed E-state index contributed by atoms with van der Waals surface area (Å²) in [5.74, 6) is 1.89. The lowest BCUT2D eigenvalue weighted by atomic mass is 10.2. The summed E-state index contributed by atoms with van der Waals surface area (Å²) in [5, 5.41) is 4.35. The number of nitrogens with zero attached hydrogens (tertiary/aromatic N) is 4. The number of benzene rings is 1. The molecule has 8 heteroatoms. The van der Waals surface area contributed by atoms with Crippen LogP contribution in [0.15, 0.2) is 47.5 Å². The second-order valence-electron chi connectivity index (χ2n) is 6.98. The van der Waals surface area contributed by atoms with Crippen LogP contribution in [0.3, 0.4) is 0 Å². The molecule has 3 heterocycles. The Morgan fingerprint density at radius 3 is 2.77 bits per heavy atom. The summed E-state index contributed by atoms with van der Waals surface area (Å²) in [4.78, 5) is 21.9. The summed E-state index contributed by atoms with van der Waals surface area (Å²) in [5.41, 5.74) is 1.44. The summed E-state index contributed by atoms with van der Waals surface area (Å²) < 4.78 is 13.5. The molecule has 0 spiro atoms. The second-order valence-corrected chi connectivity index (χ2v) is 7.99. The first-order valence-corrected chi connectivity index (χ1v) is 11.2. The van der Waals surface area contributed by atoms with Gasteiger partial charge in [-0.05, 0) is 49.2 Å². The van der Waals surface area contributed by atoms with Crippen molar-refractivity contribution < 1.29 is 9.47 Å². The Morgan fingerprint density at radius 2 is 2.03 bits per heavy atom. The number of thiazole rings is 1. The molecule has 1 aromatic carbocycles. The normalized spacial score (nSPS) is 11.9. The van der Waals surface area contributed by atoms with E-state index in [2.05, 4.69) is 22.0 Å². The molecular formula is C23H24N4O3S. The Morgan fingerprint density at radius 1 is 1.13 bits per heavy atom. The molecule has 3 aromatic heterocycles. The highest BCUT2D eigenvalue weighted by Gasteiger charge is 2.12. The maximum atomic E-state index is 12.8. The molecule has 0 unspecified atom stereocenters. The van der Waals surface area contributed by atoms with Gasteiger partial charge in [0.25, 0.3) is 5.56 Å². The third-order valence-corrected chi connectivity index (χ3v) is 5.63. The molecule has 0 radical (unpaired) electrons. The van der Waals surface area contributed by atoms with Gasteiger partial charge in [0.2, 0.25) is 4.96 Å². The maximum absolute atomic E-state index is 12.8. The van der Waals surface area contributed by atoms with Crippen LogP contribution in [-0.4, -0.2) is 32.8 Å². The van der Waals surface area contributed by atoms with Gasteiger partial charge in [-0.25, -0.2) is 0 Å². The molecule has 0 fully saturated rings. The van der Waals surface area contributed by atoms with Crippen molar-refractivity contribution in [1.29, 1.82) is 0 Å². The molecule has 7 nitrogen and oxygen atoms in total. The molecule has 0 aliphatic carbocycles. The highest BCUT2D eigenvalue weighted by Crippen LogP contribution is 2.29. The van der Waals surface area contributed by atoms with Gasteiger partial charge in [0.15, 0.2) is 17.3 Å². The van der Waals surface area contributed by atoms with E-state index in [0.717, 1.165) is 36.1 Å². The first-order chi connectivity index (χ1) is 15.2. The molecule has 0 saturated heterocycles. The van der Waals surface area contributed by atoms with E-state index in [4.69, 9.17) is 9.47 Å². The fourth-order valence-electron chi connectivity index (χ4n) is 3.14. The highest BCUT2D eigenvalue weighted by atomic mass is 32.1. The molecular weight excluding hydrogens is 412 g/mol. The van der Waals surface area contributed by atoms with E-state index >= 15 is 0 Å². The van der Waals surface area contributed by atoms with Crippen LogP contribution in [0.5, 0.6) is 11.5 Å². The topological polar surface area (TPSA) is 78.6 Å². The smallest absolute Gasteiger partial charge is 0.291 e. The molecule has 0 amide bonds. The zero-order valence-electron chi connectivity index (χ0n) is 17.6. The van der Waals surface area contributed by atoms with Gasteiger partial charge in [0.1, 0.15) is 0 Å². The van der Waals surface area contributed by atoms with Crippen LogP contribution in [0, 0.1) is 0 Å². The van der Waals surface area contributed by atoms with Crippen LogP contribution in [0.1, 0.15) is 38.7 Å². The van der Waals surface area contributed by atoms with Crippen LogP contribution in [0.2, 0.25) is 0 Å². The summed E-state index contributed by atoms with van der Waals surface area (Å²) in [6.07, 6.45) is 8.49. The Labute approximate surface area is 184 Å². The van der Waals surface area contributed by atoms with Crippen molar-refractivity contribution in [2.24, 2.45) is 0 Å². The number of ether oxygens (including phenoxy) is 2. The number of hydrogen-bond acceptors (Lipinski definition) is 7. The standard InChI is InChI=1S/C23H24N4O3S/c1-3-5-6-12-30-18-10-9-16(13-19(18)29-4-2)14-20-22(28)27-23(31-20)25-21(26-27)17-8-7-11-24-15-17/h7-11,13-15H,3-6,12H2,1-2H3/b20-14+. The SMILES string of the molecule is CCCCCOc1ccc(/C=c2/sc3nc(-c4cccnc4)nn3c2=O)cc1OCC. The molecule has 0 N–H and O–H groups in total. The van der Waals surface area contributed by atoms with Crippen molar-refractivity contribution >= 4 is 22.4 Å². The van der Waals surface area contributed by atoms with Gasteiger partial charge in [-0.3, -0.25) is 9.78 Å². The molecule has 0 bridgehead atoms. The first-order valence-electron chi connectivity index (χ1n) is 10.4. The summed E-state index contributed by atoms with van der Waals surface area (Å²) in [6.45, 7) is 5.30. The van der Waals surface area contributed by atoms with E-state index in [9.17, 15) is 4.79 Å². The highest BCUT2D eigenvalue weighted by molar-refractivity contribution is 7.15. The molecule has 0 aliphatic heterocycles. The van der Waals surface area contributed by atoms with Gasteiger partial charge in [-0.1, -0.05) is 37.2 Å². The molecule has 0 aliphatic rings. The molecule has 0 saturated carbocycles. The Balaban J connectivity index is 1.63. The van der Waals surface area contributed by atoms with Gasteiger partial charge < -0.3 is 9.47 Å². The number of rotatable bonds is 9. The van der Waals surface area contributed by atoms with Crippen molar-refractivity contribution in [3.63, 3.8) is 0 Å². The van der Waals surface area contributed by atoms with Gasteiger partial charge in [0.05, 0.1) is 17.7 Å². The predicted octanol–water partition coefficient (Wildman–Crippen LogP) is 3.73. The van der Waals surface area contributed by atoms with E-state index in [-0.39, 0.29) is 5.56 Å². The molecule has 31 heavy (non-hydrogen) atoms. The average Bonchev–Trinajstić information content (AvgIpc) is 3.33. The zero-order chi connectivity index (χ0) is 21.6. The quantitative estimate of drug-likeness (QED) is 0.372. The third-order valence-electron chi connectivity index (χ3n) is 4.67. The van der Waals surface area contributed by atoms with Crippen LogP contribution in [-0.2, 0) is 0 Å². The van der Waals surface area contributed by atoms with E-state index in [1.54, 1.807) is 12.4 Å². The van der Waals surface area contributed by atoms with Gasteiger partial charge in [-0.2, -0.15) is 9.50 Å². The third kappa shape index (κ3) is 4.74. The zero-order valence-corrected chi connectivity index (χ0v) is 18.4. The Hall–Kier alpha value is -3.26. The Bertz CT molecular complexity index is 1270. The number of fused-ring (bicyclic) bond motifs is 1. The minimum absolute atomic E-state index is 0.194. The number of pyridine rings is 1.